The molecule has 92 heavy (non-hydrogen) atoms. The van der Waals surface area contributed by atoms with Gasteiger partial charge in [0.1, 0.15) is 66.2 Å². The number of amides is 12. The third-order valence-electron chi connectivity index (χ3n) is 16.0. The van der Waals surface area contributed by atoms with Crippen LogP contribution in [0.3, 0.4) is 0 Å². The third kappa shape index (κ3) is 21.0. The zero-order valence-corrected chi connectivity index (χ0v) is 51.6. The average Bonchev–Trinajstić information content (AvgIpc) is 1.65. The maximum Gasteiger partial charge on any atom is 0.305 e. The van der Waals surface area contributed by atoms with E-state index in [1.54, 1.807) is 30.3 Å². The maximum absolute atomic E-state index is 14.8. The minimum absolute atomic E-state index is 0.00661. The number of likely N-dealkylation sites (tertiary alicyclic amines) is 3. The molecule has 0 unspecified atom stereocenters. The highest BCUT2D eigenvalue weighted by Crippen LogP contribution is 2.25. The lowest BCUT2D eigenvalue weighted by Crippen LogP contribution is -2.61. The number of nitrogens with zero attached hydrogens (tertiary/aromatic N) is 4. The van der Waals surface area contributed by atoms with Crippen LogP contribution in [-0.4, -0.2) is 224 Å². The predicted molar refractivity (Wildman–Crippen MR) is 329 cm³/mol. The zero-order chi connectivity index (χ0) is 67.2. The SMILES string of the molecule is CSCC[C@H](NC(=O)CNC(=O)[C@@H]1CCCN1C(=O)[C@H](Cc1ccc(O)cc1)NC(=O)[C@H](Cc1ccccc1)NC(=O)[C@H](CCCN=C(N)N)NC(=O)[C@H](CC(=O)O)NC(=O)[C@@H]1CCCN1C(=O)[C@H](CC(=O)O)NC(=O)[C@@H]1CCCN1C(=O)[C@@H]1CCC(=O)N1)C(N)=O. The number of aliphatic carboxylic acids is 2. The molecule has 32 nitrogen and oxygen atoms in total. The first kappa shape index (κ1) is 71.5. The molecule has 10 atom stereocenters. The predicted octanol–water partition coefficient (Wildman–Crippen LogP) is -4.30. The van der Waals surface area contributed by atoms with Gasteiger partial charge < -0.3 is 89.8 Å². The van der Waals surface area contributed by atoms with Crippen molar-refractivity contribution in [3.8, 4) is 5.75 Å². The summed E-state index contributed by atoms with van der Waals surface area (Å²) in [6.07, 6.45) is 0.880. The van der Waals surface area contributed by atoms with E-state index in [-0.39, 0.29) is 114 Å². The van der Waals surface area contributed by atoms with Gasteiger partial charge in [0.2, 0.25) is 70.9 Å². The summed E-state index contributed by atoms with van der Waals surface area (Å²) in [5.74, 6) is -12.7. The number of rotatable bonds is 33. The molecular formula is C59H81N15O17S. The second-order valence-corrected chi connectivity index (χ2v) is 23.7. The molecule has 4 aliphatic rings. The summed E-state index contributed by atoms with van der Waals surface area (Å²) in [5, 5.41) is 50.3. The molecule has 2 aromatic carbocycles. The molecule has 0 aromatic heterocycles. The number of carbonyl (C=O) groups is 14. The van der Waals surface area contributed by atoms with E-state index in [0.717, 1.165) is 4.90 Å². The molecule has 2 aromatic rings. The van der Waals surface area contributed by atoms with E-state index >= 15 is 0 Å². The highest BCUT2D eigenvalue weighted by atomic mass is 32.2. The molecular weight excluding hydrogens is 1220 g/mol. The van der Waals surface area contributed by atoms with Crippen molar-refractivity contribution in [2.75, 3.05) is 44.7 Å². The molecule has 4 aliphatic heterocycles. The molecule has 0 spiro atoms. The van der Waals surface area contributed by atoms with E-state index in [2.05, 4.69) is 47.5 Å². The molecule has 4 fully saturated rings. The maximum atomic E-state index is 14.8. The number of benzene rings is 2. The number of aromatic hydroxyl groups is 1. The summed E-state index contributed by atoms with van der Waals surface area (Å²) in [6, 6.07) is 0.274. The van der Waals surface area contributed by atoms with Crippen LogP contribution in [0.15, 0.2) is 59.6 Å². The van der Waals surface area contributed by atoms with Crippen LogP contribution in [0.2, 0.25) is 0 Å². The number of guanidine groups is 1. The third-order valence-corrected chi connectivity index (χ3v) is 16.7. The number of carboxylic acids is 2. The Morgan fingerprint density at radius 1 is 0.598 bits per heavy atom. The van der Waals surface area contributed by atoms with Crippen LogP contribution >= 0.6 is 11.8 Å². The topological polar surface area (TPSA) is 496 Å². The number of phenolic OH excluding ortho intramolecular Hbond substituents is 1. The molecule has 6 rings (SSSR count). The average molecular weight is 1300 g/mol. The molecule has 4 heterocycles. The number of thioether (sulfide) groups is 1. The van der Waals surface area contributed by atoms with Gasteiger partial charge >= 0.3 is 11.9 Å². The van der Waals surface area contributed by atoms with Gasteiger partial charge in [0, 0.05) is 45.4 Å². The Balaban J connectivity index is 1.20. The van der Waals surface area contributed by atoms with Crippen molar-refractivity contribution in [1.82, 2.24) is 57.2 Å². The van der Waals surface area contributed by atoms with Crippen LogP contribution in [0.4, 0.5) is 0 Å². The normalized spacial score (nSPS) is 19.5. The molecule has 33 heteroatoms. The number of primary amides is 1. The Morgan fingerprint density at radius 3 is 1.68 bits per heavy atom. The Labute approximate surface area is 533 Å². The lowest BCUT2D eigenvalue weighted by Gasteiger charge is -2.31. The summed E-state index contributed by atoms with van der Waals surface area (Å²) in [7, 11) is 0. The first-order chi connectivity index (χ1) is 43.8. The first-order valence-corrected chi connectivity index (χ1v) is 31.6. The van der Waals surface area contributed by atoms with E-state index in [1.165, 1.54) is 45.8 Å². The number of nitrogens with two attached hydrogens (primary N) is 3. The summed E-state index contributed by atoms with van der Waals surface area (Å²) in [4.78, 5) is 197. The fourth-order valence-electron chi connectivity index (χ4n) is 11.4. The molecule has 0 bridgehead atoms. The Hall–Kier alpha value is -9.56. The van der Waals surface area contributed by atoms with Crippen molar-refractivity contribution in [2.45, 2.75) is 157 Å². The van der Waals surface area contributed by atoms with Crippen molar-refractivity contribution in [2.24, 2.45) is 22.2 Å². The van der Waals surface area contributed by atoms with Crippen LogP contribution in [0.25, 0.3) is 0 Å². The van der Waals surface area contributed by atoms with Crippen molar-refractivity contribution in [3.63, 3.8) is 0 Å². The number of hydrogen-bond acceptors (Lipinski definition) is 17. The van der Waals surface area contributed by atoms with Gasteiger partial charge in [-0.3, -0.25) is 72.1 Å². The van der Waals surface area contributed by atoms with Gasteiger partial charge in [0.15, 0.2) is 5.96 Å². The number of carbonyl (C=O) groups excluding carboxylic acids is 12. The Bertz CT molecular complexity index is 3080. The van der Waals surface area contributed by atoms with E-state index in [4.69, 9.17) is 17.2 Å². The van der Waals surface area contributed by atoms with Crippen molar-refractivity contribution >= 4 is 101 Å². The highest BCUT2D eigenvalue weighted by Gasteiger charge is 2.45. The fraction of sp³-hybridized carbons (Fsp3) is 0.542. The fourth-order valence-corrected chi connectivity index (χ4v) is 11.8. The summed E-state index contributed by atoms with van der Waals surface area (Å²) >= 11 is 1.44. The Morgan fingerprint density at radius 2 is 1.11 bits per heavy atom. The van der Waals surface area contributed by atoms with Gasteiger partial charge in [0.05, 0.1) is 19.4 Å². The van der Waals surface area contributed by atoms with E-state index < -0.39 is 157 Å². The van der Waals surface area contributed by atoms with Crippen molar-refractivity contribution in [3.05, 3.63) is 65.7 Å². The first-order valence-electron chi connectivity index (χ1n) is 30.2. The standard InChI is InChI=1S/C59H81N15O17S/c1-92-26-21-35(49(60)82)65-46(77)31-64-53(86)42-12-6-23-72(42)57(90)40(28-33-15-17-34(75)18-16-33)70-51(84)38(27-32-9-3-2-4-10-32)68-50(83)36(11-5-22-63-59(61)62)67-52(85)39(29-47(78)79)69-54(87)43-13-8-25-74(43)58(91)41(30-48(80)81)71-55(88)44-14-7-24-73(44)56(89)37-19-20-45(76)66-37/h2-4,9-10,15-18,35-44,75H,5-8,11-14,19-31H2,1H3,(H2,60,82)(H,64,86)(H,65,77)(H,66,76)(H,67,85)(H,68,83)(H,69,87)(H,70,84)(H,71,88)(H,78,79)(H,80,81)(H4,61,62,63)/t35-,36-,37-,38-,39-,40-,41-,42-,43-,44-/m0/s1. The van der Waals surface area contributed by atoms with Gasteiger partial charge in [-0.05, 0) is 99.5 Å². The van der Waals surface area contributed by atoms with E-state index in [1.807, 2.05) is 6.26 Å². The van der Waals surface area contributed by atoms with Crippen LogP contribution in [0, 0.1) is 0 Å². The lowest BCUT2D eigenvalue weighted by molar-refractivity contribution is -0.147. The smallest absolute Gasteiger partial charge is 0.305 e. The van der Waals surface area contributed by atoms with Gasteiger partial charge in [0.25, 0.3) is 0 Å². The second-order valence-electron chi connectivity index (χ2n) is 22.8. The molecule has 4 saturated heterocycles. The zero-order valence-electron chi connectivity index (χ0n) is 50.8. The minimum Gasteiger partial charge on any atom is -0.508 e. The van der Waals surface area contributed by atoms with E-state index in [0.29, 0.717) is 29.7 Å². The molecule has 0 saturated carbocycles. The number of hydrogen-bond donors (Lipinski definition) is 14. The monoisotopic (exact) mass is 1300 g/mol. The van der Waals surface area contributed by atoms with Crippen LogP contribution in [-0.2, 0) is 80.0 Å². The van der Waals surface area contributed by atoms with Gasteiger partial charge in [-0.2, -0.15) is 11.8 Å². The molecule has 17 N–H and O–H groups in total. The van der Waals surface area contributed by atoms with Crippen LogP contribution in [0.1, 0.15) is 94.6 Å². The molecule has 0 radical (unpaired) electrons. The number of nitrogens with one attached hydrogen (secondary N) is 8. The van der Waals surface area contributed by atoms with Crippen LogP contribution in [0.5, 0.6) is 5.75 Å². The molecule has 0 aliphatic carbocycles. The van der Waals surface area contributed by atoms with Gasteiger partial charge in [-0.15, -0.1) is 0 Å². The number of carboxylic acid groups (broad SMARTS) is 2. The highest BCUT2D eigenvalue weighted by molar-refractivity contribution is 7.98. The lowest BCUT2D eigenvalue weighted by atomic mass is 10.0. The number of phenols is 1. The molecule has 12 amide bonds. The largest absolute Gasteiger partial charge is 0.508 e. The molecule has 500 valence electrons. The quantitative estimate of drug-likeness (QED) is 0.0183. The summed E-state index contributed by atoms with van der Waals surface area (Å²) < 4.78 is 0. The van der Waals surface area contributed by atoms with Gasteiger partial charge in [-0.25, -0.2) is 0 Å². The van der Waals surface area contributed by atoms with E-state index in [9.17, 15) is 82.4 Å². The summed E-state index contributed by atoms with van der Waals surface area (Å²) in [6.45, 7) is -0.564. The Kier molecular flexibility index (Phi) is 26.9. The van der Waals surface area contributed by atoms with Crippen molar-refractivity contribution in [1.29, 1.82) is 0 Å². The summed E-state index contributed by atoms with van der Waals surface area (Å²) in [5.41, 5.74) is 17.5. The van der Waals surface area contributed by atoms with Crippen LogP contribution < -0.4 is 59.7 Å². The minimum atomic E-state index is -1.94. The van der Waals surface area contributed by atoms with Gasteiger partial charge in [-0.1, -0.05) is 42.5 Å². The number of aliphatic imine (C=N–C) groups is 1. The second kappa shape index (κ2) is 34.6. The van der Waals surface area contributed by atoms with Crippen molar-refractivity contribution < 1.29 is 82.4 Å².